The topological polar surface area (TPSA) is 111 Å². The van der Waals surface area contributed by atoms with Crippen LogP contribution in [-0.4, -0.2) is 42.6 Å². The lowest BCUT2D eigenvalue weighted by Crippen LogP contribution is -2.38. The summed E-state index contributed by atoms with van der Waals surface area (Å²) in [7, 11) is 1.99. The van der Waals surface area contributed by atoms with Crippen molar-refractivity contribution in [3.8, 4) is 0 Å². The molecule has 3 heterocycles. The fraction of sp³-hybridized carbons (Fsp3) is 0.421. The summed E-state index contributed by atoms with van der Waals surface area (Å²) in [5, 5.41) is 5.55. The van der Waals surface area contributed by atoms with Gasteiger partial charge in [-0.05, 0) is 43.0 Å². The molecule has 0 saturated carbocycles. The highest BCUT2D eigenvalue weighted by Gasteiger charge is 2.21. The van der Waals surface area contributed by atoms with Crippen LogP contribution in [0.1, 0.15) is 28.8 Å². The Morgan fingerprint density at radius 1 is 1.29 bits per heavy atom. The number of nitrogens with zero attached hydrogens (tertiary/aromatic N) is 4. The van der Waals surface area contributed by atoms with Crippen molar-refractivity contribution in [3.63, 3.8) is 0 Å². The van der Waals surface area contributed by atoms with Gasteiger partial charge in [0.25, 0.3) is 5.91 Å². The van der Waals surface area contributed by atoms with E-state index in [0.29, 0.717) is 17.4 Å². The fourth-order valence-corrected chi connectivity index (χ4v) is 3.66. The van der Waals surface area contributed by atoms with Crippen LogP contribution in [0.5, 0.6) is 0 Å². The molecule has 2 aromatic rings. The average molecular weight is 382 g/mol. The van der Waals surface area contributed by atoms with E-state index >= 15 is 0 Å². The molecule has 0 atom stereocenters. The van der Waals surface area contributed by atoms with Crippen LogP contribution in [0.15, 0.2) is 30.6 Å². The third kappa shape index (κ3) is 4.00. The van der Waals surface area contributed by atoms with Crippen molar-refractivity contribution in [1.82, 2.24) is 20.8 Å². The molecule has 4 rings (SSSR count). The lowest BCUT2D eigenvalue weighted by molar-refractivity contribution is 0.0999. The number of hydrazine groups is 2. The van der Waals surface area contributed by atoms with E-state index in [1.54, 1.807) is 0 Å². The maximum absolute atomic E-state index is 11.1. The summed E-state index contributed by atoms with van der Waals surface area (Å²) in [4.78, 5) is 21.8. The van der Waals surface area contributed by atoms with Crippen LogP contribution >= 0.6 is 0 Å². The second kappa shape index (κ2) is 7.99. The van der Waals surface area contributed by atoms with E-state index in [9.17, 15) is 4.79 Å². The lowest BCUT2D eigenvalue weighted by atomic mass is 9.97. The van der Waals surface area contributed by atoms with Gasteiger partial charge in [0.1, 0.15) is 0 Å². The predicted molar refractivity (Wildman–Crippen MR) is 109 cm³/mol. The second-order valence-corrected chi connectivity index (χ2v) is 7.34. The number of amides is 1. The number of hydrogen-bond acceptors (Lipinski definition) is 8. The van der Waals surface area contributed by atoms with E-state index < -0.39 is 5.91 Å². The number of aromatic nitrogens is 2. The van der Waals surface area contributed by atoms with E-state index in [1.165, 1.54) is 18.0 Å². The summed E-state index contributed by atoms with van der Waals surface area (Å²) in [6.45, 7) is 3.70. The minimum Gasteiger partial charge on any atom is -0.366 e. The SMILES string of the molecule is CN1NNc2cc(CNCC3CCN(c4ncc(C(N)=O)cn4)CC3)ccc21. The Bertz CT molecular complexity index is 832. The fourth-order valence-electron chi connectivity index (χ4n) is 3.66. The zero-order valence-corrected chi connectivity index (χ0v) is 16.0. The zero-order chi connectivity index (χ0) is 19.5. The number of nitrogens with two attached hydrogens (primary N) is 1. The summed E-state index contributed by atoms with van der Waals surface area (Å²) in [5.74, 6) is 0.806. The Kier molecular flexibility index (Phi) is 5.27. The molecule has 1 aromatic carbocycles. The number of fused-ring (bicyclic) bond motifs is 1. The first-order chi connectivity index (χ1) is 13.6. The van der Waals surface area contributed by atoms with E-state index in [2.05, 4.69) is 49.3 Å². The molecule has 2 aliphatic rings. The highest BCUT2D eigenvalue weighted by molar-refractivity contribution is 5.92. The van der Waals surface area contributed by atoms with Gasteiger partial charge in [0.05, 0.1) is 16.9 Å². The largest absolute Gasteiger partial charge is 0.366 e. The maximum atomic E-state index is 11.1. The highest BCUT2D eigenvalue weighted by atomic mass is 16.1. The van der Waals surface area contributed by atoms with Gasteiger partial charge >= 0.3 is 0 Å². The Balaban J connectivity index is 1.22. The van der Waals surface area contributed by atoms with Gasteiger partial charge in [0.2, 0.25) is 5.95 Å². The molecule has 0 unspecified atom stereocenters. The lowest BCUT2D eigenvalue weighted by Gasteiger charge is -2.32. The van der Waals surface area contributed by atoms with Gasteiger partial charge in [-0.1, -0.05) is 6.07 Å². The maximum Gasteiger partial charge on any atom is 0.251 e. The molecule has 1 amide bonds. The van der Waals surface area contributed by atoms with E-state index in [4.69, 9.17) is 5.73 Å². The Morgan fingerprint density at radius 3 is 2.75 bits per heavy atom. The van der Waals surface area contributed by atoms with E-state index in [0.717, 1.165) is 50.4 Å². The van der Waals surface area contributed by atoms with Crippen molar-refractivity contribution < 1.29 is 4.79 Å². The molecule has 28 heavy (non-hydrogen) atoms. The van der Waals surface area contributed by atoms with Gasteiger partial charge in [0, 0.05) is 39.1 Å². The van der Waals surface area contributed by atoms with Crippen molar-refractivity contribution in [2.24, 2.45) is 11.7 Å². The smallest absolute Gasteiger partial charge is 0.251 e. The first-order valence-electron chi connectivity index (χ1n) is 9.56. The molecule has 1 aromatic heterocycles. The number of primary amides is 1. The normalized spacial score (nSPS) is 16.8. The number of anilines is 3. The molecular weight excluding hydrogens is 356 g/mol. The van der Waals surface area contributed by atoms with Crippen LogP contribution in [0, 0.1) is 5.92 Å². The molecule has 148 valence electrons. The van der Waals surface area contributed by atoms with Gasteiger partial charge < -0.3 is 21.4 Å². The second-order valence-electron chi connectivity index (χ2n) is 7.34. The van der Waals surface area contributed by atoms with Crippen molar-refractivity contribution in [3.05, 3.63) is 41.7 Å². The monoisotopic (exact) mass is 382 g/mol. The molecule has 1 fully saturated rings. The molecule has 1 saturated heterocycles. The number of carbonyl (C=O) groups excluding carboxylic acids is 1. The van der Waals surface area contributed by atoms with Crippen molar-refractivity contribution >= 4 is 23.2 Å². The number of carbonyl (C=O) groups is 1. The Morgan fingerprint density at radius 2 is 2.04 bits per heavy atom. The first kappa shape index (κ1) is 18.5. The molecule has 9 heteroatoms. The van der Waals surface area contributed by atoms with Gasteiger partial charge in [-0.25, -0.2) is 9.97 Å². The number of benzene rings is 1. The summed E-state index contributed by atoms with van der Waals surface area (Å²) < 4.78 is 0. The Hall–Kier alpha value is -2.91. The third-order valence-electron chi connectivity index (χ3n) is 5.36. The van der Waals surface area contributed by atoms with Crippen LogP contribution in [0.25, 0.3) is 0 Å². The van der Waals surface area contributed by atoms with E-state index in [-0.39, 0.29) is 0 Å². The number of rotatable bonds is 6. The van der Waals surface area contributed by atoms with Crippen molar-refractivity contribution in [1.29, 1.82) is 0 Å². The van der Waals surface area contributed by atoms with Crippen LogP contribution in [0.2, 0.25) is 0 Å². The zero-order valence-electron chi connectivity index (χ0n) is 16.0. The van der Waals surface area contributed by atoms with Crippen molar-refractivity contribution in [2.75, 3.05) is 42.0 Å². The third-order valence-corrected chi connectivity index (χ3v) is 5.36. The standard InChI is InChI=1S/C19H26N8O/c1-26-17-3-2-14(8-16(17)24-25-26)10-21-9-13-4-6-27(7-5-13)19-22-11-15(12-23-19)18(20)28/h2-3,8,11-13,21,24-25H,4-7,9-10H2,1H3,(H2,20,28). The molecule has 5 N–H and O–H groups in total. The van der Waals surface area contributed by atoms with Gasteiger partial charge in [0.15, 0.2) is 0 Å². The van der Waals surface area contributed by atoms with Gasteiger partial charge in [-0.2, -0.15) is 0 Å². The summed E-state index contributed by atoms with van der Waals surface area (Å²) >= 11 is 0. The van der Waals surface area contributed by atoms with Crippen LogP contribution < -0.4 is 31.9 Å². The highest BCUT2D eigenvalue weighted by Crippen LogP contribution is 2.28. The molecule has 0 spiro atoms. The number of piperidine rings is 1. The van der Waals surface area contributed by atoms with Gasteiger partial charge in [-0.3, -0.25) is 9.80 Å². The minimum absolute atomic E-state index is 0.340. The summed E-state index contributed by atoms with van der Waals surface area (Å²) in [6.07, 6.45) is 5.18. The number of nitrogens with one attached hydrogen (secondary N) is 3. The molecule has 9 nitrogen and oxygen atoms in total. The van der Waals surface area contributed by atoms with E-state index in [1.807, 2.05) is 12.1 Å². The Labute approximate surface area is 164 Å². The summed E-state index contributed by atoms with van der Waals surface area (Å²) in [5.41, 5.74) is 15.3. The molecule has 0 aliphatic carbocycles. The molecule has 2 aliphatic heterocycles. The quantitative estimate of drug-likeness (QED) is 0.582. The predicted octanol–water partition coefficient (Wildman–Crippen LogP) is 0.863. The first-order valence-corrected chi connectivity index (χ1v) is 9.56. The van der Waals surface area contributed by atoms with Crippen LogP contribution in [0.4, 0.5) is 17.3 Å². The summed E-state index contributed by atoms with van der Waals surface area (Å²) in [6, 6.07) is 6.46. The number of hydrogen-bond donors (Lipinski definition) is 4. The van der Waals surface area contributed by atoms with Crippen LogP contribution in [-0.2, 0) is 6.54 Å². The molecule has 0 bridgehead atoms. The van der Waals surface area contributed by atoms with Crippen molar-refractivity contribution in [2.45, 2.75) is 19.4 Å². The van der Waals surface area contributed by atoms with Crippen LogP contribution in [0.3, 0.4) is 0 Å². The minimum atomic E-state index is -0.501. The molecule has 0 radical (unpaired) electrons. The van der Waals surface area contributed by atoms with Gasteiger partial charge in [-0.15, -0.1) is 5.53 Å². The average Bonchev–Trinajstić information content (AvgIpc) is 3.09. The molecular formula is C19H26N8O.